The molecular weight excluding hydrogens is 326 g/mol. The predicted molar refractivity (Wildman–Crippen MR) is 105 cm³/mol. The van der Waals surface area contributed by atoms with E-state index in [-0.39, 0.29) is 12.1 Å². The van der Waals surface area contributed by atoms with Crippen LogP contribution in [0.3, 0.4) is 0 Å². The second-order valence-electron chi connectivity index (χ2n) is 6.58. The number of carbonyl (C=O) groups excluding carboxylic acids is 1. The quantitative estimate of drug-likeness (QED) is 0.736. The molecule has 0 aliphatic rings. The monoisotopic (exact) mass is 355 g/mol. The third-order valence-electron chi connectivity index (χ3n) is 4.68. The largest absolute Gasteiger partial charge is 0.496 e. The molecule has 2 rings (SSSR count). The molecule has 1 aromatic heterocycles. The number of nitrogens with zero attached hydrogens (tertiary/aromatic N) is 2. The highest BCUT2D eigenvalue weighted by atomic mass is 16.5. The number of aryl methyl sites for hydroxylation is 2. The minimum atomic E-state index is -0.0499. The van der Waals surface area contributed by atoms with Crippen molar-refractivity contribution in [3.63, 3.8) is 0 Å². The van der Waals surface area contributed by atoms with Gasteiger partial charge in [0.05, 0.1) is 7.11 Å². The summed E-state index contributed by atoms with van der Waals surface area (Å²) in [6.07, 6.45) is 4.29. The fourth-order valence-electron chi connectivity index (χ4n) is 2.86. The van der Waals surface area contributed by atoms with Gasteiger partial charge in [0, 0.05) is 37.9 Å². The first-order valence-electron chi connectivity index (χ1n) is 9.06. The fraction of sp³-hybridized carbons (Fsp3) is 0.429. The van der Waals surface area contributed by atoms with Crippen LogP contribution in [0.1, 0.15) is 30.2 Å². The van der Waals surface area contributed by atoms with Gasteiger partial charge >= 0.3 is 6.03 Å². The molecule has 0 fully saturated rings. The molecule has 5 nitrogen and oxygen atoms in total. The van der Waals surface area contributed by atoms with Crippen LogP contribution in [0.5, 0.6) is 5.75 Å². The molecule has 0 spiro atoms. The molecule has 0 saturated carbocycles. The van der Waals surface area contributed by atoms with E-state index in [0.29, 0.717) is 6.54 Å². The third kappa shape index (κ3) is 5.48. The van der Waals surface area contributed by atoms with Crippen molar-refractivity contribution in [2.24, 2.45) is 0 Å². The van der Waals surface area contributed by atoms with Gasteiger partial charge in [0.2, 0.25) is 0 Å². The molecule has 0 radical (unpaired) electrons. The lowest BCUT2D eigenvalue weighted by molar-refractivity contribution is 0.193. The van der Waals surface area contributed by atoms with E-state index in [1.165, 1.54) is 0 Å². The molecule has 140 valence electrons. The van der Waals surface area contributed by atoms with Gasteiger partial charge in [-0.05, 0) is 49.9 Å². The smallest absolute Gasteiger partial charge is 0.317 e. The number of nitrogens with one attached hydrogen (secondary N) is 1. The molecule has 0 unspecified atom stereocenters. The Morgan fingerprint density at radius 1 is 1.27 bits per heavy atom. The van der Waals surface area contributed by atoms with Crippen molar-refractivity contribution in [2.75, 3.05) is 20.7 Å². The summed E-state index contributed by atoms with van der Waals surface area (Å²) in [4.78, 5) is 18.5. The zero-order chi connectivity index (χ0) is 18.9. The first kappa shape index (κ1) is 19.8. The Morgan fingerprint density at radius 2 is 2.04 bits per heavy atom. The van der Waals surface area contributed by atoms with Crippen LogP contribution < -0.4 is 10.1 Å². The first-order chi connectivity index (χ1) is 12.5. The normalized spacial score (nSPS) is 11.7. The van der Waals surface area contributed by atoms with Gasteiger partial charge in [-0.2, -0.15) is 0 Å². The Hall–Kier alpha value is -2.56. The second kappa shape index (κ2) is 9.80. The molecule has 5 heteroatoms. The highest BCUT2D eigenvalue weighted by Crippen LogP contribution is 2.18. The summed E-state index contributed by atoms with van der Waals surface area (Å²) < 4.78 is 5.36. The average molecular weight is 355 g/mol. The number of rotatable bonds is 8. The van der Waals surface area contributed by atoms with Crippen molar-refractivity contribution >= 4 is 6.03 Å². The molecule has 0 bridgehead atoms. The molecule has 1 N–H and O–H groups in total. The number of likely N-dealkylation sites (N-methyl/N-ethyl adjacent to an activating group) is 1. The van der Waals surface area contributed by atoms with Crippen molar-refractivity contribution in [3.05, 3.63) is 59.4 Å². The van der Waals surface area contributed by atoms with Crippen LogP contribution >= 0.6 is 0 Å². The number of hydrogen-bond acceptors (Lipinski definition) is 3. The van der Waals surface area contributed by atoms with Gasteiger partial charge in [-0.3, -0.25) is 4.98 Å². The predicted octanol–water partition coefficient (Wildman–Crippen LogP) is 3.60. The maximum absolute atomic E-state index is 12.4. The van der Waals surface area contributed by atoms with Crippen LogP contribution in [0.25, 0.3) is 0 Å². The minimum Gasteiger partial charge on any atom is -0.496 e. The van der Waals surface area contributed by atoms with E-state index < -0.39 is 0 Å². The number of aromatic nitrogens is 1. The van der Waals surface area contributed by atoms with Gasteiger partial charge in [0.25, 0.3) is 0 Å². The highest BCUT2D eigenvalue weighted by molar-refractivity contribution is 5.74. The standard InChI is InChI=1S/C21H29N3O2/c1-16-9-7-13-22-19(16)15-17(2)24(3)21(25)23-14-8-11-18-10-5-6-12-20(18)26-4/h5-7,9-10,12-13,17H,8,11,14-15H2,1-4H3,(H,23,25)/t17-/m0/s1. The van der Waals surface area contributed by atoms with Crippen LogP contribution in [0.4, 0.5) is 4.79 Å². The average Bonchev–Trinajstić information content (AvgIpc) is 2.66. The second-order valence-corrected chi connectivity index (χ2v) is 6.58. The Bertz CT molecular complexity index is 718. The maximum atomic E-state index is 12.4. The van der Waals surface area contributed by atoms with E-state index in [2.05, 4.69) is 16.4 Å². The first-order valence-corrected chi connectivity index (χ1v) is 9.06. The lowest BCUT2D eigenvalue weighted by atomic mass is 10.1. The van der Waals surface area contributed by atoms with Crippen LogP contribution in [-0.2, 0) is 12.8 Å². The fourth-order valence-corrected chi connectivity index (χ4v) is 2.86. The topological polar surface area (TPSA) is 54.5 Å². The van der Waals surface area contributed by atoms with Gasteiger partial charge in [0.1, 0.15) is 5.75 Å². The van der Waals surface area contributed by atoms with E-state index in [0.717, 1.165) is 41.8 Å². The summed E-state index contributed by atoms with van der Waals surface area (Å²) in [5.74, 6) is 0.898. The molecule has 1 heterocycles. The van der Waals surface area contributed by atoms with Crippen molar-refractivity contribution in [1.82, 2.24) is 15.2 Å². The molecular formula is C21H29N3O2. The van der Waals surface area contributed by atoms with Gasteiger partial charge in [-0.25, -0.2) is 4.79 Å². The number of ether oxygens (including phenoxy) is 1. The molecule has 1 atom stereocenters. The summed E-state index contributed by atoms with van der Waals surface area (Å²) >= 11 is 0. The van der Waals surface area contributed by atoms with Crippen molar-refractivity contribution < 1.29 is 9.53 Å². The summed E-state index contributed by atoms with van der Waals surface area (Å²) in [7, 11) is 3.51. The zero-order valence-electron chi connectivity index (χ0n) is 16.2. The number of hydrogen-bond donors (Lipinski definition) is 1. The SMILES string of the molecule is COc1ccccc1CCCNC(=O)N(C)[C@@H](C)Cc1ncccc1C. The number of benzene rings is 1. The van der Waals surface area contributed by atoms with E-state index >= 15 is 0 Å². The van der Waals surface area contributed by atoms with Crippen molar-refractivity contribution in [1.29, 1.82) is 0 Å². The Morgan fingerprint density at radius 3 is 2.77 bits per heavy atom. The number of amides is 2. The molecule has 1 aromatic carbocycles. The molecule has 0 aliphatic carbocycles. The highest BCUT2D eigenvalue weighted by Gasteiger charge is 2.17. The van der Waals surface area contributed by atoms with E-state index in [1.54, 1.807) is 18.2 Å². The Labute approximate surface area is 156 Å². The van der Waals surface area contributed by atoms with Crippen molar-refractivity contribution in [3.8, 4) is 5.75 Å². The summed E-state index contributed by atoms with van der Waals surface area (Å²) in [5, 5.41) is 3.00. The van der Waals surface area contributed by atoms with Crippen LogP contribution in [0.15, 0.2) is 42.6 Å². The van der Waals surface area contributed by atoms with Gasteiger partial charge in [-0.1, -0.05) is 24.3 Å². The maximum Gasteiger partial charge on any atom is 0.317 e. The van der Waals surface area contributed by atoms with E-state index in [1.807, 2.05) is 51.2 Å². The molecule has 2 aromatic rings. The third-order valence-corrected chi connectivity index (χ3v) is 4.68. The zero-order valence-corrected chi connectivity index (χ0v) is 16.2. The molecule has 2 amide bonds. The number of para-hydroxylation sites is 1. The summed E-state index contributed by atoms with van der Waals surface area (Å²) in [6.45, 7) is 4.73. The lowest BCUT2D eigenvalue weighted by Crippen LogP contribution is -2.43. The number of methoxy groups -OCH3 is 1. The van der Waals surface area contributed by atoms with E-state index in [4.69, 9.17) is 4.74 Å². The Kier molecular flexibility index (Phi) is 7.45. The number of urea groups is 1. The number of carbonyl (C=O) groups is 1. The molecule has 26 heavy (non-hydrogen) atoms. The van der Waals surface area contributed by atoms with Crippen LogP contribution in [-0.4, -0.2) is 42.7 Å². The Balaban J connectivity index is 1.77. The van der Waals surface area contributed by atoms with Gasteiger partial charge in [-0.15, -0.1) is 0 Å². The summed E-state index contributed by atoms with van der Waals surface area (Å²) in [5.41, 5.74) is 3.36. The molecule has 0 saturated heterocycles. The van der Waals surface area contributed by atoms with Crippen molar-refractivity contribution in [2.45, 2.75) is 39.2 Å². The van der Waals surface area contributed by atoms with Crippen LogP contribution in [0.2, 0.25) is 0 Å². The minimum absolute atomic E-state index is 0.0499. The van der Waals surface area contributed by atoms with Gasteiger partial charge in [0.15, 0.2) is 0 Å². The van der Waals surface area contributed by atoms with E-state index in [9.17, 15) is 4.79 Å². The van der Waals surface area contributed by atoms with Crippen LogP contribution in [0, 0.1) is 6.92 Å². The summed E-state index contributed by atoms with van der Waals surface area (Å²) in [6, 6.07) is 12.0. The lowest BCUT2D eigenvalue weighted by Gasteiger charge is -2.25. The molecule has 0 aliphatic heterocycles. The van der Waals surface area contributed by atoms with Gasteiger partial charge < -0.3 is 15.0 Å². The number of pyridine rings is 1.